The number of rotatable bonds is 17. The molecule has 0 aliphatic rings. The van der Waals surface area contributed by atoms with Crippen LogP contribution in [0, 0.1) is 34.6 Å². The number of nitrogens with one attached hydrogen (secondary N) is 2. The van der Waals surface area contributed by atoms with Crippen LogP contribution in [0.15, 0.2) is 164 Å². The van der Waals surface area contributed by atoms with Gasteiger partial charge < -0.3 is 14.8 Å². The smallest absolute Gasteiger partial charge is 0.340 e. The van der Waals surface area contributed by atoms with Crippen molar-refractivity contribution >= 4 is 73.0 Å². The first-order chi connectivity index (χ1) is 33.5. The number of carbonyl (C=O) groups is 3. The Morgan fingerprint density at radius 3 is 1.14 bits per heavy atom. The van der Waals surface area contributed by atoms with Crippen LogP contribution >= 0.6 is 0 Å². The van der Waals surface area contributed by atoms with E-state index in [2.05, 4.69) is 5.32 Å². The van der Waals surface area contributed by atoms with E-state index in [0.29, 0.717) is 27.8 Å². The van der Waals surface area contributed by atoms with Gasteiger partial charge in [-0.1, -0.05) is 66.2 Å². The molecule has 4 atom stereocenters. The van der Waals surface area contributed by atoms with Gasteiger partial charge in [-0.25, -0.2) is 61.2 Å². The highest BCUT2D eigenvalue weighted by Crippen LogP contribution is 2.32. The third-order valence-corrected chi connectivity index (χ3v) is 21.4. The molecule has 2 N–H and O–H groups in total. The lowest BCUT2D eigenvalue weighted by Gasteiger charge is -2.26. The Morgan fingerprint density at radius 1 is 0.403 bits per heavy atom. The summed E-state index contributed by atoms with van der Waals surface area (Å²) in [5, 5.41) is -1.91. The second-order valence-electron chi connectivity index (χ2n) is 17.0. The number of sulfone groups is 4. The van der Waals surface area contributed by atoms with Crippen LogP contribution in [0.25, 0.3) is 0 Å². The molecule has 4 unspecified atom stereocenters. The van der Waals surface area contributed by atoms with E-state index in [-0.39, 0.29) is 14.7 Å². The summed E-state index contributed by atoms with van der Waals surface area (Å²) in [5.74, 6) is -3.41. The van der Waals surface area contributed by atoms with Gasteiger partial charge in [-0.3, -0.25) is 0 Å². The Balaban J connectivity index is 1.50. The number of benzene rings is 6. The molecule has 0 fully saturated rings. The van der Waals surface area contributed by atoms with E-state index < -0.39 is 115 Å². The number of ether oxygens (including phenoxy) is 2. The molecule has 0 spiro atoms. The van der Waals surface area contributed by atoms with Gasteiger partial charge in [-0.05, 0) is 150 Å². The average molecular weight is 1080 g/mol. The Kier molecular flexibility index (Phi) is 16.1. The van der Waals surface area contributed by atoms with Crippen LogP contribution in [0.3, 0.4) is 0 Å². The van der Waals surface area contributed by atoms with Crippen molar-refractivity contribution in [2.75, 3.05) is 5.32 Å². The first-order valence-corrected chi connectivity index (χ1v) is 29.4. The number of amides is 2. The SMILES string of the molecule is Cc1ccc(S(=O)(=O)NC(=O)Nc2ccc(C(=O)OC(C(C)S(=O)(=O)c3cccc(C)c3)S(=O)(=O)c3cccc(C)c3)c(C(=O)OC(C(C)S(=O)(=O)c3cccc(C)c3)S(=O)(=O)c3cccc(C)c3)c2)cc1. The first-order valence-electron chi connectivity index (χ1n) is 21.7. The van der Waals surface area contributed by atoms with Crippen molar-refractivity contribution in [1.82, 2.24) is 4.72 Å². The van der Waals surface area contributed by atoms with Crippen LogP contribution in [0.1, 0.15) is 62.4 Å². The van der Waals surface area contributed by atoms with Crippen molar-refractivity contribution in [2.45, 2.75) is 94.3 Å². The molecule has 72 heavy (non-hydrogen) atoms. The number of esters is 2. The molecule has 6 rings (SSSR count). The lowest BCUT2D eigenvalue weighted by molar-refractivity contribution is 0.0396. The minimum atomic E-state index is -5.00. The molecule has 0 aliphatic carbocycles. The summed E-state index contributed by atoms with van der Waals surface area (Å²) in [6, 6.07) is 28.2. The molecule has 6 aromatic rings. The fourth-order valence-corrected chi connectivity index (χ4v) is 16.0. The minimum absolute atomic E-state index is 0.296. The summed E-state index contributed by atoms with van der Waals surface area (Å²) in [6.45, 7) is 10.0. The maximum atomic E-state index is 14.8. The van der Waals surface area contributed by atoms with Crippen molar-refractivity contribution < 1.29 is 65.9 Å². The number of anilines is 1. The summed E-state index contributed by atoms with van der Waals surface area (Å²) >= 11 is 0. The van der Waals surface area contributed by atoms with E-state index >= 15 is 0 Å². The molecule has 6 aromatic carbocycles. The second-order valence-corrected chi connectivity index (χ2v) is 27.4. The van der Waals surface area contributed by atoms with E-state index in [9.17, 15) is 56.5 Å². The van der Waals surface area contributed by atoms with Gasteiger partial charge in [0.2, 0.25) is 30.5 Å². The highest BCUT2D eigenvalue weighted by atomic mass is 32.2. The van der Waals surface area contributed by atoms with Crippen LogP contribution in [0.4, 0.5) is 10.5 Å². The largest absolute Gasteiger partial charge is 0.440 e. The van der Waals surface area contributed by atoms with Gasteiger partial charge in [-0.15, -0.1) is 0 Å². The van der Waals surface area contributed by atoms with Gasteiger partial charge in [-0.2, -0.15) is 0 Å². The number of sulfonamides is 1. The predicted octanol–water partition coefficient (Wildman–Crippen LogP) is 7.38. The molecule has 380 valence electrons. The minimum Gasteiger partial charge on any atom is -0.440 e. The number of carbonyl (C=O) groups excluding carboxylic acids is 3. The molecule has 0 saturated heterocycles. The van der Waals surface area contributed by atoms with Gasteiger partial charge >= 0.3 is 18.0 Å². The highest BCUT2D eigenvalue weighted by molar-refractivity contribution is 7.96. The zero-order valence-electron chi connectivity index (χ0n) is 39.8. The van der Waals surface area contributed by atoms with Gasteiger partial charge in [0.1, 0.15) is 10.5 Å². The number of urea groups is 1. The molecular weight excluding hydrogens is 1030 g/mol. The molecule has 0 aromatic heterocycles. The van der Waals surface area contributed by atoms with Crippen molar-refractivity contribution in [3.05, 3.63) is 178 Å². The van der Waals surface area contributed by atoms with Crippen LogP contribution in [0.2, 0.25) is 0 Å². The van der Waals surface area contributed by atoms with Crippen LogP contribution in [-0.4, -0.2) is 81.4 Å². The molecule has 17 nitrogen and oxygen atoms in total. The molecule has 0 radical (unpaired) electrons. The van der Waals surface area contributed by atoms with Gasteiger partial charge in [0.05, 0.1) is 35.6 Å². The van der Waals surface area contributed by atoms with Gasteiger partial charge in [0, 0.05) is 5.69 Å². The van der Waals surface area contributed by atoms with Crippen molar-refractivity contribution in [3.8, 4) is 0 Å². The van der Waals surface area contributed by atoms with Crippen LogP contribution in [-0.2, 0) is 58.8 Å². The lowest BCUT2D eigenvalue weighted by Crippen LogP contribution is -2.42. The van der Waals surface area contributed by atoms with Gasteiger partial charge in [0.25, 0.3) is 10.0 Å². The quantitative estimate of drug-likeness (QED) is 0.0844. The third-order valence-electron chi connectivity index (χ3n) is 11.4. The topological polar surface area (TPSA) is 264 Å². The Hall–Kier alpha value is -6.72. The molecule has 22 heteroatoms. The fraction of sp³-hybridized carbons (Fsp3) is 0.220. The van der Waals surface area contributed by atoms with E-state index in [0.717, 1.165) is 44.2 Å². The highest BCUT2D eigenvalue weighted by Gasteiger charge is 2.46. The molecule has 0 bridgehead atoms. The maximum Gasteiger partial charge on any atom is 0.340 e. The monoisotopic (exact) mass is 1080 g/mol. The van der Waals surface area contributed by atoms with Crippen LogP contribution in [0.5, 0.6) is 0 Å². The normalized spacial score (nSPS) is 14.0. The molecular formula is C50H50N2O15S5. The molecule has 0 heterocycles. The van der Waals surface area contributed by atoms with Crippen molar-refractivity contribution in [1.29, 1.82) is 0 Å². The lowest BCUT2D eigenvalue weighted by atomic mass is 10.1. The van der Waals surface area contributed by atoms with E-state index in [4.69, 9.17) is 9.47 Å². The fourth-order valence-electron chi connectivity index (χ4n) is 7.34. The summed E-state index contributed by atoms with van der Waals surface area (Å²) in [6.07, 6.45) is 0. The predicted molar refractivity (Wildman–Crippen MR) is 268 cm³/mol. The number of hydrogen-bond acceptors (Lipinski definition) is 15. The molecule has 0 aliphatic heterocycles. The van der Waals surface area contributed by atoms with E-state index in [1.807, 2.05) is 0 Å². The van der Waals surface area contributed by atoms with Gasteiger partial charge in [0.15, 0.2) is 19.7 Å². The number of aryl methyl sites for hydroxylation is 5. The van der Waals surface area contributed by atoms with Crippen molar-refractivity contribution in [2.24, 2.45) is 0 Å². The maximum absolute atomic E-state index is 14.8. The zero-order chi connectivity index (χ0) is 53.1. The first kappa shape index (κ1) is 54.6. The Labute approximate surface area is 419 Å². The summed E-state index contributed by atoms with van der Waals surface area (Å²) in [5.41, 5.74) is -4.83. The number of hydrogen-bond donors (Lipinski definition) is 2. The van der Waals surface area contributed by atoms with Crippen molar-refractivity contribution in [3.63, 3.8) is 0 Å². The molecule has 2 amide bonds. The zero-order valence-corrected chi connectivity index (χ0v) is 43.8. The molecule has 0 saturated carbocycles. The Bertz CT molecular complexity index is 3670. The third kappa shape index (κ3) is 12.0. The second kappa shape index (κ2) is 21.2. The summed E-state index contributed by atoms with van der Waals surface area (Å²) < 4.78 is 154. The van der Waals surface area contributed by atoms with Crippen LogP contribution < -0.4 is 10.0 Å². The summed E-state index contributed by atoms with van der Waals surface area (Å²) in [7, 11) is -23.8. The standard InChI is InChI=1S/C50H50N2O15S5/c1-31-20-23-39(24-21-31)72(64,65)52-50(55)51-38-22-25-44(46(53)66-48(70(60,61)42-18-10-14-34(4)28-42)36(6)68(56,57)40-16-8-12-32(2)26-40)45(30-38)47(54)67-49(71(62,63)43-19-11-15-35(5)29-43)37(7)69(58,59)41-17-9-13-33(3)27-41/h8-30,36-37,48-49H,1-7H3,(H2,51,52,55). The Morgan fingerprint density at radius 2 is 0.764 bits per heavy atom. The van der Waals surface area contributed by atoms with E-state index in [1.54, 1.807) is 63.6 Å². The summed E-state index contributed by atoms with van der Waals surface area (Å²) in [4.78, 5) is 40.8. The average Bonchev–Trinajstić information content (AvgIpc) is 3.31. The van der Waals surface area contributed by atoms with E-state index in [1.165, 1.54) is 84.9 Å².